The molecule has 0 atom stereocenters. The zero-order valence-electron chi connectivity index (χ0n) is 19.1. The first-order chi connectivity index (χ1) is 14.1. The van der Waals surface area contributed by atoms with E-state index in [9.17, 15) is 0 Å². The molecule has 1 aromatic heterocycles. The number of aromatic nitrogens is 2. The molecule has 5 heteroatoms. The van der Waals surface area contributed by atoms with Crippen LogP contribution in [0.4, 0.5) is 0 Å². The minimum atomic E-state index is 0.216. The van der Waals surface area contributed by atoms with Crippen LogP contribution in [0.2, 0.25) is 0 Å². The molecule has 2 aromatic carbocycles. The summed E-state index contributed by atoms with van der Waals surface area (Å²) in [4.78, 5) is 8.68. The molecule has 0 bridgehead atoms. The molecule has 3 aromatic rings. The van der Waals surface area contributed by atoms with Crippen molar-refractivity contribution in [3.05, 3.63) is 54.9 Å². The molecular weight excluding hydrogens is 468 g/mol. The van der Waals surface area contributed by atoms with E-state index in [0.29, 0.717) is 0 Å². The van der Waals surface area contributed by atoms with E-state index in [0.717, 1.165) is 13.1 Å². The SMILES string of the molecule is CC(C)(C)Cn1[cH-]n(CC(C)(C)C)c2ccccc2c2ccccc21.C[C-]=O.[O]=[Ag]. The number of fused-ring (bicyclic) bond motifs is 3. The van der Waals surface area contributed by atoms with Gasteiger partial charge in [-0.15, -0.1) is 0 Å². The first-order valence-electron chi connectivity index (χ1n) is 10.0. The van der Waals surface area contributed by atoms with Crippen molar-refractivity contribution in [1.29, 1.82) is 0 Å². The van der Waals surface area contributed by atoms with Gasteiger partial charge in [-0.1, -0.05) is 101 Å². The molecule has 0 N–H and O–H groups in total. The molecule has 0 spiro atoms. The predicted molar refractivity (Wildman–Crippen MR) is 122 cm³/mol. The van der Waals surface area contributed by atoms with Gasteiger partial charge in [-0.25, -0.2) is 0 Å². The summed E-state index contributed by atoms with van der Waals surface area (Å²) in [5.74, 6) is 0. The molecule has 0 radical (unpaired) electrons. The van der Waals surface area contributed by atoms with Crippen molar-refractivity contribution in [3.8, 4) is 0 Å². The Bertz CT molecular complexity index is 920. The van der Waals surface area contributed by atoms with E-state index < -0.39 is 0 Å². The molecule has 0 aliphatic rings. The second-order valence-corrected chi connectivity index (χ2v) is 9.73. The van der Waals surface area contributed by atoms with Crippen LogP contribution in [0.15, 0.2) is 54.9 Å². The Labute approximate surface area is 193 Å². The van der Waals surface area contributed by atoms with Crippen molar-refractivity contribution in [1.82, 2.24) is 9.13 Å². The van der Waals surface area contributed by atoms with Gasteiger partial charge in [0.25, 0.3) is 0 Å². The third kappa shape index (κ3) is 7.75. The Kier molecular flexibility index (Phi) is 10.0. The minimum absolute atomic E-state index is 0.216. The summed E-state index contributed by atoms with van der Waals surface area (Å²) in [6, 6.07) is 17.6. The summed E-state index contributed by atoms with van der Waals surface area (Å²) in [6.07, 6.45) is 3.82. The van der Waals surface area contributed by atoms with Gasteiger partial charge in [0.1, 0.15) is 0 Å². The molecule has 0 aliphatic heterocycles. The van der Waals surface area contributed by atoms with Gasteiger partial charge in [-0.05, 0) is 28.2 Å². The van der Waals surface area contributed by atoms with Crippen molar-refractivity contribution in [2.45, 2.75) is 61.6 Å². The van der Waals surface area contributed by atoms with E-state index >= 15 is 0 Å². The summed E-state index contributed by atoms with van der Waals surface area (Å²) in [5.41, 5.74) is 3.02. The van der Waals surface area contributed by atoms with E-state index in [2.05, 4.69) is 106 Å². The fourth-order valence-corrected chi connectivity index (χ4v) is 3.47. The summed E-state index contributed by atoms with van der Waals surface area (Å²) >= 11 is 1.70. The maximum absolute atomic E-state index is 8.68. The van der Waals surface area contributed by atoms with Crippen molar-refractivity contribution >= 4 is 28.1 Å². The van der Waals surface area contributed by atoms with Crippen LogP contribution in [-0.2, 0) is 42.2 Å². The fourth-order valence-electron chi connectivity index (χ4n) is 3.47. The summed E-state index contributed by atoms with van der Waals surface area (Å²) < 4.78 is 12.9. The summed E-state index contributed by atoms with van der Waals surface area (Å²) in [7, 11) is 0. The molecular formula is C25H34AgN2O2-2. The second-order valence-electron chi connectivity index (χ2n) is 9.73. The number of nitrogens with zero attached hydrogens (tertiary/aromatic N) is 2. The van der Waals surface area contributed by atoms with Crippen LogP contribution in [0.3, 0.4) is 0 Å². The van der Waals surface area contributed by atoms with E-state index in [1.165, 1.54) is 35.0 Å². The molecule has 30 heavy (non-hydrogen) atoms. The first-order valence-corrected chi connectivity index (χ1v) is 10.6. The average molecular weight is 502 g/mol. The fraction of sp³-hybridized carbons (Fsp3) is 0.440. The molecule has 0 saturated carbocycles. The predicted octanol–water partition coefficient (Wildman–Crippen LogP) is 6.53. The Balaban J connectivity index is 0.000000826. The van der Waals surface area contributed by atoms with Crippen LogP contribution in [0.25, 0.3) is 21.8 Å². The molecule has 0 fully saturated rings. The normalized spacial score (nSPS) is 11.2. The Morgan fingerprint density at radius 3 is 1.37 bits per heavy atom. The molecule has 4 nitrogen and oxygen atoms in total. The van der Waals surface area contributed by atoms with Gasteiger partial charge in [0.15, 0.2) is 0 Å². The zero-order chi connectivity index (χ0) is 22.9. The molecule has 169 valence electrons. The molecule has 0 unspecified atom stereocenters. The monoisotopic (exact) mass is 501 g/mol. The van der Waals surface area contributed by atoms with Crippen LogP contribution in [0, 0.1) is 10.8 Å². The molecule has 3 rings (SSSR count). The molecule has 0 saturated heterocycles. The van der Waals surface area contributed by atoms with Gasteiger partial charge in [0.2, 0.25) is 0 Å². The van der Waals surface area contributed by atoms with Crippen molar-refractivity contribution in [2.24, 2.45) is 10.8 Å². The van der Waals surface area contributed by atoms with Crippen LogP contribution < -0.4 is 0 Å². The van der Waals surface area contributed by atoms with E-state index in [1.54, 1.807) is 21.0 Å². The number of carbonyl (C=O) groups excluding carboxylic acids is 1. The van der Waals surface area contributed by atoms with E-state index in [4.69, 9.17) is 8.04 Å². The number of rotatable bonds is 2. The number of para-hydroxylation sites is 2. The topological polar surface area (TPSA) is 44.0 Å². The molecule has 0 amide bonds. The maximum atomic E-state index is 8.68. The van der Waals surface area contributed by atoms with Gasteiger partial charge < -0.3 is 13.9 Å². The molecule has 0 aliphatic carbocycles. The van der Waals surface area contributed by atoms with E-state index in [1.807, 2.05) is 0 Å². The van der Waals surface area contributed by atoms with Gasteiger partial charge >= 0.3 is 24.3 Å². The van der Waals surface area contributed by atoms with Crippen molar-refractivity contribution in [3.63, 3.8) is 0 Å². The third-order valence-electron chi connectivity index (χ3n) is 4.29. The Morgan fingerprint density at radius 1 is 0.767 bits per heavy atom. The quantitative estimate of drug-likeness (QED) is 0.296. The van der Waals surface area contributed by atoms with Crippen LogP contribution in [0.5, 0.6) is 0 Å². The van der Waals surface area contributed by atoms with Crippen LogP contribution in [-0.4, -0.2) is 15.4 Å². The molecule has 1 heterocycles. The van der Waals surface area contributed by atoms with Crippen LogP contribution in [0.1, 0.15) is 48.5 Å². The van der Waals surface area contributed by atoms with Crippen molar-refractivity contribution < 1.29 is 29.1 Å². The summed E-state index contributed by atoms with van der Waals surface area (Å²) in [6.45, 7) is 17.1. The number of hydrogen-bond acceptors (Lipinski definition) is 2. The van der Waals surface area contributed by atoms with Gasteiger partial charge in [0, 0.05) is 13.1 Å². The van der Waals surface area contributed by atoms with Gasteiger partial charge in [0.05, 0.1) is 0 Å². The van der Waals surface area contributed by atoms with E-state index in [-0.39, 0.29) is 10.8 Å². The van der Waals surface area contributed by atoms with Crippen LogP contribution >= 0.6 is 0 Å². The number of hydrogen-bond donors (Lipinski definition) is 0. The van der Waals surface area contributed by atoms with Gasteiger partial charge in [-0.3, -0.25) is 6.29 Å². The Morgan fingerprint density at radius 2 is 1.07 bits per heavy atom. The average Bonchev–Trinajstić information content (AvgIpc) is 2.78. The Hall–Kier alpha value is -1.88. The third-order valence-corrected chi connectivity index (χ3v) is 4.29. The number of benzene rings is 2. The first kappa shape index (κ1) is 26.2. The summed E-state index contributed by atoms with van der Waals surface area (Å²) in [5, 5.41) is 2.63. The zero-order valence-corrected chi connectivity index (χ0v) is 20.6. The van der Waals surface area contributed by atoms with Crippen molar-refractivity contribution in [2.75, 3.05) is 0 Å². The standard InChI is InChI=1S/C23H31N2.C2H3O.Ag.O/c1-22(2,3)15-24-17-25(16-23(4,5)6)21-14-10-8-12-19(21)18-11-7-9-13-20(18)24;1-2-3;;/h7-14,17H,15-16H2,1-6H3;1H3;;/q2*-1;;. The van der Waals surface area contributed by atoms with Gasteiger partial charge in [-0.2, -0.15) is 6.92 Å². The second kappa shape index (κ2) is 11.5.